The Hall–Kier alpha value is -1.13. The first-order valence-electron chi connectivity index (χ1n) is 5.57. The molecule has 0 radical (unpaired) electrons. The fourth-order valence-corrected chi connectivity index (χ4v) is 2.04. The fraction of sp³-hybridized carbons (Fsp3) is 0.231. The normalized spacial score (nSPS) is 12.2. The van der Waals surface area contributed by atoms with E-state index in [0.717, 1.165) is 0 Å². The van der Waals surface area contributed by atoms with Gasteiger partial charge in [-0.05, 0) is 35.3 Å². The van der Waals surface area contributed by atoms with Crippen molar-refractivity contribution < 1.29 is 0 Å². The number of anilines is 1. The first-order valence-corrected chi connectivity index (χ1v) is 6.74. The van der Waals surface area contributed by atoms with Crippen LogP contribution in [0.25, 0.3) is 0 Å². The number of nitrogens with zero attached hydrogens (tertiary/aromatic N) is 2. The zero-order valence-corrected chi connectivity index (χ0v) is 12.5. The SMILES string of the molecule is Cc1ccc(C(C)Nc2ncnc(Cl)c2Br)cc1. The maximum absolute atomic E-state index is 5.93. The van der Waals surface area contributed by atoms with Gasteiger partial charge in [0.15, 0.2) is 0 Å². The number of rotatable bonds is 3. The Labute approximate surface area is 120 Å². The predicted molar refractivity (Wildman–Crippen MR) is 78.0 cm³/mol. The number of hydrogen-bond donors (Lipinski definition) is 1. The van der Waals surface area contributed by atoms with Crippen molar-refractivity contribution in [3.05, 3.63) is 51.3 Å². The van der Waals surface area contributed by atoms with Crippen LogP contribution in [0.4, 0.5) is 5.82 Å². The molecular weight excluding hydrogens is 314 g/mol. The molecular formula is C13H13BrClN3. The van der Waals surface area contributed by atoms with Gasteiger partial charge < -0.3 is 5.32 Å². The average molecular weight is 327 g/mol. The molecule has 1 N–H and O–H groups in total. The van der Waals surface area contributed by atoms with Gasteiger partial charge in [-0.1, -0.05) is 41.4 Å². The Morgan fingerprint density at radius 3 is 2.56 bits per heavy atom. The van der Waals surface area contributed by atoms with Crippen molar-refractivity contribution in [2.75, 3.05) is 5.32 Å². The topological polar surface area (TPSA) is 37.8 Å². The summed E-state index contributed by atoms with van der Waals surface area (Å²) >= 11 is 9.30. The van der Waals surface area contributed by atoms with Crippen molar-refractivity contribution in [1.82, 2.24) is 9.97 Å². The molecule has 2 aromatic rings. The highest BCUT2D eigenvalue weighted by atomic mass is 79.9. The number of nitrogens with one attached hydrogen (secondary N) is 1. The van der Waals surface area contributed by atoms with E-state index in [1.165, 1.54) is 17.5 Å². The molecule has 0 saturated carbocycles. The lowest BCUT2D eigenvalue weighted by Crippen LogP contribution is -2.08. The van der Waals surface area contributed by atoms with Crippen molar-refractivity contribution in [2.45, 2.75) is 19.9 Å². The van der Waals surface area contributed by atoms with Gasteiger partial charge in [-0.15, -0.1) is 0 Å². The van der Waals surface area contributed by atoms with Gasteiger partial charge in [0.1, 0.15) is 17.3 Å². The van der Waals surface area contributed by atoms with Gasteiger partial charge >= 0.3 is 0 Å². The predicted octanol–water partition coefficient (Wildman–Crippen LogP) is 4.37. The smallest absolute Gasteiger partial charge is 0.148 e. The second-order valence-electron chi connectivity index (χ2n) is 4.10. The standard InChI is InChI=1S/C13H13BrClN3/c1-8-3-5-10(6-4-8)9(2)18-13-11(14)12(15)16-7-17-13/h3-7,9H,1-2H3,(H,16,17,18). The van der Waals surface area contributed by atoms with Crippen LogP contribution in [-0.2, 0) is 0 Å². The Morgan fingerprint density at radius 1 is 1.22 bits per heavy atom. The summed E-state index contributed by atoms with van der Waals surface area (Å²) in [6.45, 7) is 4.15. The Morgan fingerprint density at radius 2 is 1.89 bits per heavy atom. The van der Waals surface area contributed by atoms with Gasteiger partial charge in [0, 0.05) is 6.04 Å². The number of aromatic nitrogens is 2. The molecule has 94 valence electrons. The van der Waals surface area contributed by atoms with E-state index in [-0.39, 0.29) is 6.04 Å². The van der Waals surface area contributed by atoms with Crippen molar-refractivity contribution >= 4 is 33.3 Å². The summed E-state index contributed by atoms with van der Waals surface area (Å²) in [5.41, 5.74) is 2.44. The lowest BCUT2D eigenvalue weighted by Gasteiger charge is -2.16. The fourth-order valence-electron chi connectivity index (χ4n) is 1.59. The molecule has 0 amide bonds. The number of halogens is 2. The minimum Gasteiger partial charge on any atom is -0.362 e. The Balaban J connectivity index is 2.18. The van der Waals surface area contributed by atoms with Gasteiger partial charge in [0.2, 0.25) is 0 Å². The molecule has 2 rings (SSSR count). The van der Waals surface area contributed by atoms with E-state index in [9.17, 15) is 0 Å². The molecule has 1 unspecified atom stereocenters. The first kappa shape index (κ1) is 13.3. The molecule has 0 saturated heterocycles. The Kier molecular flexibility index (Phi) is 4.19. The van der Waals surface area contributed by atoms with Crippen LogP contribution in [-0.4, -0.2) is 9.97 Å². The van der Waals surface area contributed by atoms with Crippen LogP contribution in [0.3, 0.4) is 0 Å². The first-order chi connectivity index (χ1) is 8.58. The van der Waals surface area contributed by atoms with Crippen LogP contribution in [0.5, 0.6) is 0 Å². The van der Waals surface area contributed by atoms with Crippen LogP contribution in [0.2, 0.25) is 5.15 Å². The van der Waals surface area contributed by atoms with Crippen molar-refractivity contribution in [3.63, 3.8) is 0 Å². The van der Waals surface area contributed by atoms with E-state index in [0.29, 0.717) is 15.4 Å². The van der Waals surface area contributed by atoms with Gasteiger partial charge in [0.25, 0.3) is 0 Å². The van der Waals surface area contributed by atoms with Gasteiger partial charge in [-0.25, -0.2) is 9.97 Å². The quantitative estimate of drug-likeness (QED) is 0.851. The molecule has 1 aromatic carbocycles. The molecule has 5 heteroatoms. The number of benzene rings is 1. The molecule has 0 spiro atoms. The largest absolute Gasteiger partial charge is 0.362 e. The van der Waals surface area contributed by atoms with Crippen LogP contribution in [0, 0.1) is 6.92 Å². The van der Waals surface area contributed by atoms with Crippen LogP contribution >= 0.6 is 27.5 Å². The number of aryl methyl sites for hydroxylation is 1. The summed E-state index contributed by atoms with van der Waals surface area (Å²) in [4.78, 5) is 8.07. The van der Waals surface area contributed by atoms with Gasteiger partial charge in [-0.3, -0.25) is 0 Å². The van der Waals surface area contributed by atoms with E-state index in [1.807, 2.05) is 0 Å². The summed E-state index contributed by atoms with van der Waals surface area (Å²) < 4.78 is 0.686. The number of hydrogen-bond acceptors (Lipinski definition) is 3. The highest BCUT2D eigenvalue weighted by Crippen LogP contribution is 2.28. The molecule has 0 aliphatic heterocycles. The van der Waals surface area contributed by atoms with E-state index in [4.69, 9.17) is 11.6 Å². The lowest BCUT2D eigenvalue weighted by molar-refractivity contribution is 0.869. The Bertz CT molecular complexity index is 542. The molecule has 0 aliphatic carbocycles. The second kappa shape index (κ2) is 5.67. The molecule has 0 fully saturated rings. The molecule has 1 heterocycles. The highest BCUT2D eigenvalue weighted by molar-refractivity contribution is 9.10. The third kappa shape index (κ3) is 3.00. The van der Waals surface area contributed by atoms with Gasteiger partial charge in [-0.2, -0.15) is 0 Å². The molecule has 18 heavy (non-hydrogen) atoms. The highest BCUT2D eigenvalue weighted by Gasteiger charge is 2.10. The molecule has 1 atom stereocenters. The van der Waals surface area contributed by atoms with Gasteiger partial charge in [0.05, 0.1) is 4.47 Å². The second-order valence-corrected chi connectivity index (χ2v) is 5.25. The lowest BCUT2D eigenvalue weighted by atomic mass is 10.1. The van der Waals surface area contributed by atoms with Crippen molar-refractivity contribution in [1.29, 1.82) is 0 Å². The van der Waals surface area contributed by atoms with E-state index in [2.05, 4.69) is 69.3 Å². The third-order valence-electron chi connectivity index (χ3n) is 2.68. The summed E-state index contributed by atoms with van der Waals surface area (Å²) in [5.74, 6) is 0.697. The maximum Gasteiger partial charge on any atom is 0.148 e. The van der Waals surface area contributed by atoms with Crippen molar-refractivity contribution in [3.8, 4) is 0 Å². The van der Waals surface area contributed by atoms with E-state index < -0.39 is 0 Å². The minimum atomic E-state index is 0.146. The summed E-state index contributed by atoms with van der Waals surface area (Å²) in [6, 6.07) is 8.53. The molecule has 3 nitrogen and oxygen atoms in total. The zero-order valence-electron chi connectivity index (χ0n) is 10.1. The molecule has 0 aliphatic rings. The van der Waals surface area contributed by atoms with Crippen molar-refractivity contribution in [2.24, 2.45) is 0 Å². The zero-order chi connectivity index (χ0) is 13.1. The summed E-state index contributed by atoms with van der Waals surface area (Å²) in [7, 11) is 0. The summed E-state index contributed by atoms with van der Waals surface area (Å²) in [6.07, 6.45) is 1.44. The molecule has 0 bridgehead atoms. The van der Waals surface area contributed by atoms with Crippen LogP contribution < -0.4 is 5.32 Å². The van der Waals surface area contributed by atoms with E-state index >= 15 is 0 Å². The third-order valence-corrected chi connectivity index (χ3v) is 3.94. The summed E-state index contributed by atoms with van der Waals surface area (Å²) in [5, 5.41) is 3.71. The minimum absolute atomic E-state index is 0.146. The monoisotopic (exact) mass is 325 g/mol. The van der Waals surface area contributed by atoms with Crippen LogP contribution in [0.1, 0.15) is 24.1 Å². The molecule has 1 aromatic heterocycles. The average Bonchev–Trinajstić information content (AvgIpc) is 2.36. The van der Waals surface area contributed by atoms with E-state index in [1.54, 1.807) is 0 Å². The van der Waals surface area contributed by atoms with Crippen LogP contribution in [0.15, 0.2) is 35.1 Å². The maximum atomic E-state index is 5.93.